The van der Waals surface area contributed by atoms with E-state index in [0.717, 1.165) is 22.6 Å². The van der Waals surface area contributed by atoms with Crippen molar-refractivity contribution < 1.29 is 14.3 Å². The summed E-state index contributed by atoms with van der Waals surface area (Å²) in [4.78, 5) is 12.5. The van der Waals surface area contributed by atoms with Crippen molar-refractivity contribution in [2.75, 3.05) is 18.5 Å². The molecule has 2 aliphatic heterocycles. The van der Waals surface area contributed by atoms with E-state index < -0.39 is 0 Å². The standard InChI is InChI=1S/C19H16ClN5O3/c1-10-18-12(11-2-3-13-14(8-11)28-7-6-27-13)9-17(26)21-19(18)25(24-10)16-5-4-15(20)22-23-16/h2-5,8,12H,6-7,9H2,1H3,(H,21,26)/t12-/m1/s1. The molecule has 0 radical (unpaired) electrons. The summed E-state index contributed by atoms with van der Waals surface area (Å²) in [6.45, 7) is 2.97. The Morgan fingerprint density at radius 2 is 1.96 bits per heavy atom. The minimum atomic E-state index is -0.145. The molecule has 28 heavy (non-hydrogen) atoms. The number of amides is 1. The molecule has 2 aliphatic rings. The summed E-state index contributed by atoms with van der Waals surface area (Å²) in [5.41, 5.74) is 2.74. The first-order valence-electron chi connectivity index (χ1n) is 8.88. The van der Waals surface area contributed by atoms with Gasteiger partial charge in [0, 0.05) is 17.9 Å². The Morgan fingerprint density at radius 1 is 1.14 bits per heavy atom. The highest BCUT2D eigenvalue weighted by molar-refractivity contribution is 6.29. The number of nitrogens with zero attached hydrogens (tertiary/aromatic N) is 4. The van der Waals surface area contributed by atoms with Crippen LogP contribution in [0, 0.1) is 6.92 Å². The van der Waals surface area contributed by atoms with Crippen LogP contribution in [-0.2, 0) is 4.79 Å². The molecule has 0 aliphatic carbocycles. The van der Waals surface area contributed by atoms with Crippen LogP contribution in [0.15, 0.2) is 30.3 Å². The van der Waals surface area contributed by atoms with Crippen molar-refractivity contribution in [3.63, 3.8) is 0 Å². The Balaban J connectivity index is 1.62. The van der Waals surface area contributed by atoms with Gasteiger partial charge >= 0.3 is 0 Å². The van der Waals surface area contributed by atoms with Crippen LogP contribution < -0.4 is 14.8 Å². The number of rotatable bonds is 2. The fourth-order valence-electron chi connectivity index (χ4n) is 3.70. The number of carbonyl (C=O) groups excluding carboxylic acids is 1. The Kier molecular flexibility index (Phi) is 3.94. The SMILES string of the molecule is Cc1nn(-c2ccc(Cl)nn2)c2c1[C@@H](c1ccc3c(c1)OCCO3)CC(=O)N2. The van der Waals surface area contributed by atoms with E-state index in [1.54, 1.807) is 16.8 Å². The minimum absolute atomic E-state index is 0.0875. The molecule has 4 heterocycles. The number of hydrogen-bond donors (Lipinski definition) is 1. The Morgan fingerprint density at radius 3 is 2.75 bits per heavy atom. The molecule has 2 aromatic heterocycles. The molecule has 1 aromatic carbocycles. The minimum Gasteiger partial charge on any atom is -0.486 e. The van der Waals surface area contributed by atoms with Gasteiger partial charge in [-0.25, -0.2) is 0 Å². The first-order valence-corrected chi connectivity index (χ1v) is 9.26. The molecule has 0 fully saturated rings. The maximum absolute atomic E-state index is 12.5. The lowest BCUT2D eigenvalue weighted by Gasteiger charge is -2.26. The van der Waals surface area contributed by atoms with E-state index in [1.165, 1.54) is 0 Å². The van der Waals surface area contributed by atoms with Crippen molar-refractivity contribution >= 4 is 23.3 Å². The highest BCUT2D eigenvalue weighted by atomic mass is 35.5. The normalized spacial score (nSPS) is 17.8. The zero-order valence-electron chi connectivity index (χ0n) is 15.0. The summed E-state index contributed by atoms with van der Waals surface area (Å²) in [5.74, 6) is 2.27. The van der Waals surface area contributed by atoms with Crippen molar-refractivity contribution in [1.29, 1.82) is 0 Å². The van der Waals surface area contributed by atoms with E-state index in [4.69, 9.17) is 21.1 Å². The van der Waals surface area contributed by atoms with Gasteiger partial charge in [0.25, 0.3) is 0 Å². The molecule has 3 aromatic rings. The van der Waals surface area contributed by atoms with E-state index in [0.29, 0.717) is 42.2 Å². The van der Waals surface area contributed by atoms with E-state index >= 15 is 0 Å². The lowest BCUT2D eigenvalue weighted by atomic mass is 9.85. The monoisotopic (exact) mass is 397 g/mol. The molecule has 0 unspecified atom stereocenters. The number of fused-ring (bicyclic) bond motifs is 2. The maximum Gasteiger partial charge on any atom is 0.226 e. The Bertz CT molecular complexity index is 1080. The summed E-state index contributed by atoms with van der Waals surface area (Å²) >= 11 is 5.84. The quantitative estimate of drug-likeness (QED) is 0.715. The van der Waals surface area contributed by atoms with Gasteiger partial charge in [-0.1, -0.05) is 17.7 Å². The molecule has 9 heteroatoms. The number of aromatic nitrogens is 4. The van der Waals surface area contributed by atoms with Crippen molar-refractivity contribution in [2.24, 2.45) is 0 Å². The van der Waals surface area contributed by atoms with Crippen LogP contribution in [-0.4, -0.2) is 39.1 Å². The van der Waals surface area contributed by atoms with Gasteiger partial charge in [-0.3, -0.25) is 4.79 Å². The topological polar surface area (TPSA) is 91.2 Å². The predicted octanol–water partition coefficient (Wildman–Crippen LogP) is 2.87. The van der Waals surface area contributed by atoms with E-state index in [9.17, 15) is 4.79 Å². The Labute approximate surface area is 165 Å². The Hall–Kier alpha value is -3.13. The number of benzene rings is 1. The van der Waals surface area contributed by atoms with Gasteiger partial charge in [0.05, 0.1) is 5.69 Å². The van der Waals surface area contributed by atoms with Crippen molar-refractivity contribution in [2.45, 2.75) is 19.3 Å². The van der Waals surface area contributed by atoms with Crippen molar-refractivity contribution in [3.8, 4) is 17.3 Å². The lowest BCUT2D eigenvalue weighted by Crippen LogP contribution is -2.25. The predicted molar refractivity (Wildman–Crippen MR) is 101 cm³/mol. The molecule has 0 spiro atoms. The first-order chi connectivity index (χ1) is 13.6. The van der Waals surface area contributed by atoms with E-state index in [2.05, 4.69) is 20.6 Å². The smallest absolute Gasteiger partial charge is 0.226 e. The fourth-order valence-corrected chi connectivity index (χ4v) is 3.80. The molecular formula is C19H16ClN5O3. The third-order valence-electron chi connectivity index (χ3n) is 4.91. The van der Waals surface area contributed by atoms with Crippen LogP contribution in [0.1, 0.15) is 29.2 Å². The summed E-state index contributed by atoms with van der Waals surface area (Å²) in [6, 6.07) is 9.15. The molecule has 0 saturated carbocycles. The third-order valence-corrected chi connectivity index (χ3v) is 5.11. The van der Waals surface area contributed by atoms with Gasteiger partial charge in [-0.15, -0.1) is 10.2 Å². The van der Waals surface area contributed by atoms with Crippen LogP contribution in [0.3, 0.4) is 0 Å². The molecule has 8 nitrogen and oxygen atoms in total. The number of halogens is 1. The second-order valence-corrected chi connectivity index (χ2v) is 7.07. The van der Waals surface area contributed by atoms with Gasteiger partial charge in [0.1, 0.15) is 19.0 Å². The van der Waals surface area contributed by atoms with Crippen molar-refractivity contribution in [1.82, 2.24) is 20.0 Å². The number of aryl methyl sites for hydroxylation is 1. The van der Waals surface area contributed by atoms with Crippen LogP contribution in [0.2, 0.25) is 5.15 Å². The van der Waals surface area contributed by atoms with Crippen LogP contribution >= 0.6 is 11.6 Å². The molecule has 0 saturated heterocycles. The van der Waals surface area contributed by atoms with Gasteiger partial charge in [0.2, 0.25) is 5.91 Å². The molecule has 0 bridgehead atoms. The number of hydrogen-bond acceptors (Lipinski definition) is 6. The molecule has 1 amide bonds. The second-order valence-electron chi connectivity index (χ2n) is 6.68. The number of anilines is 1. The highest BCUT2D eigenvalue weighted by Crippen LogP contribution is 2.42. The summed E-state index contributed by atoms with van der Waals surface area (Å²) in [7, 11) is 0. The van der Waals surface area contributed by atoms with E-state index in [-0.39, 0.29) is 11.8 Å². The van der Waals surface area contributed by atoms with Crippen LogP contribution in [0.25, 0.3) is 5.82 Å². The maximum atomic E-state index is 12.5. The summed E-state index contributed by atoms with van der Waals surface area (Å²) in [5, 5.41) is 15.8. The lowest BCUT2D eigenvalue weighted by molar-refractivity contribution is -0.116. The summed E-state index contributed by atoms with van der Waals surface area (Å²) < 4.78 is 12.9. The van der Waals surface area contributed by atoms with Gasteiger partial charge in [-0.05, 0) is 36.8 Å². The largest absolute Gasteiger partial charge is 0.486 e. The zero-order valence-corrected chi connectivity index (χ0v) is 15.7. The van der Waals surface area contributed by atoms with Gasteiger partial charge in [0.15, 0.2) is 22.5 Å². The van der Waals surface area contributed by atoms with Crippen LogP contribution in [0.5, 0.6) is 11.5 Å². The second kappa shape index (κ2) is 6.49. The molecule has 1 atom stereocenters. The van der Waals surface area contributed by atoms with Crippen LogP contribution in [0.4, 0.5) is 5.82 Å². The van der Waals surface area contributed by atoms with Crippen molar-refractivity contribution in [3.05, 3.63) is 52.3 Å². The summed E-state index contributed by atoms with van der Waals surface area (Å²) in [6.07, 6.45) is 0.325. The molecule has 1 N–H and O–H groups in total. The van der Waals surface area contributed by atoms with E-state index in [1.807, 2.05) is 25.1 Å². The molecular weight excluding hydrogens is 382 g/mol. The average Bonchev–Trinajstić information content (AvgIpc) is 3.04. The number of carbonyl (C=O) groups is 1. The number of nitrogens with one attached hydrogen (secondary N) is 1. The van der Waals surface area contributed by atoms with Gasteiger partial charge < -0.3 is 14.8 Å². The average molecular weight is 398 g/mol. The zero-order chi connectivity index (χ0) is 19.3. The number of ether oxygens (including phenoxy) is 2. The molecule has 5 rings (SSSR count). The fraction of sp³-hybridized carbons (Fsp3) is 0.263. The molecule has 142 valence electrons. The highest BCUT2D eigenvalue weighted by Gasteiger charge is 2.33. The van der Waals surface area contributed by atoms with Gasteiger partial charge in [-0.2, -0.15) is 9.78 Å². The third kappa shape index (κ3) is 2.77. The first kappa shape index (κ1) is 17.0.